The van der Waals surface area contributed by atoms with Crippen molar-refractivity contribution >= 4 is 11.0 Å². The lowest BCUT2D eigenvalue weighted by atomic mass is 9.95. The van der Waals surface area contributed by atoms with Gasteiger partial charge in [-0.2, -0.15) is 0 Å². The zero-order valence-corrected chi connectivity index (χ0v) is 15.3. The quantitative estimate of drug-likeness (QED) is 0.655. The number of benzene rings is 2. The maximum absolute atomic E-state index is 5.53. The largest absolute Gasteiger partial charge is 0.329 e. The van der Waals surface area contributed by atoms with Gasteiger partial charge in [-0.1, -0.05) is 49.6 Å². The van der Waals surface area contributed by atoms with Crippen LogP contribution in [0.25, 0.3) is 22.2 Å². The maximum atomic E-state index is 5.53. The number of rotatable bonds is 6. The molecule has 0 atom stereocenters. The monoisotopic (exact) mass is 348 g/mol. The first-order valence-corrected chi connectivity index (χ1v) is 9.82. The van der Waals surface area contributed by atoms with E-state index in [4.69, 9.17) is 5.73 Å². The van der Waals surface area contributed by atoms with Crippen LogP contribution in [0.5, 0.6) is 0 Å². The first kappa shape index (κ1) is 17.3. The van der Waals surface area contributed by atoms with E-state index in [1.165, 1.54) is 54.3 Å². The average Bonchev–Trinajstić information content (AvgIpc) is 3.13. The molecule has 4 rings (SSSR count). The van der Waals surface area contributed by atoms with Crippen molar-refractivity contribution in [3.63, 3.8) is 0 Å². The van der Waals surface area contributed by atoms with Crippen LogP contribution in [0.1, 0.15) is 43.7 Å². The summed E-state index contributed by atoms with van der Waals surface area (Å²) in [6.07, 6.45) is 8.64. The topological polar surface area (TPSA) is 55.9 Å². The van der Waals surface area contributed by atoms with E-state index in [0.29, 0.717) is 12.6 Å². The van der Waals surface area contributed by atoms with Crippen molar-refractivity contribution in [1.82, 2.24) is 14.9 Å². The summed E-state index contributed by atoms with van der Waals surface area (Å²) in [5.74, 6) is 0. The highest BCUT2D eigenvalue weighted by atomic mass is 15.1. The number of hydrogen-bond acceptors (Lipinski definition) is 3. The molecule has 1 heterocycles. The van der Waals surface area contributed by atoms with Crippen LogP contribution in [-0.2, 0) is 6.54 Å². The molecule has 136 valence electrons. The van der Waals surface area contributed by atoms with Crippen molar-refractivity contribution in [3.8, 4) is 11.1 Å². The minimum Gasteiger partial charge on any atom is -0.329 e. The molecule has 3 N–H and O–H groups in total. The van der Waals surface area contributed by atoms with Gasteiger partial charge in [0.05, 0.1) is 17.4 Å². The fourth-order valence-electron chi connectivity index (χ4n) is 4.01. The minimum atomic E-state index is 0.611. The lowest BCUT2D eigenvalue weighted by molar-refractivity contribution is 0.359. The zero-order chi connectivity index (χ0) is 17.8. The normalized spacial score (nSPS) is 15.6. The Morgan fingerprint density at radius 1 is 1.00 bits per heavy atom. The van der Waals surface area contributed by atoms with E-state index < -0.39 is 0 Å². The predicted octanol–water partition coefficient (Wildman–Crippen LogP) is 4.26. The molecule has 1 aliphatic rings. The van der Waals surface area contributed by atoms with Crippen molar-refractivity contribution in [2.75, 3.05) is 13.1 Å². The van der Waals surface area contributed by atoms with Gasteiger partial charge >= 0.3 is 0 Å². The van der Waals surface area contributed by atoms with Gasteiger partial charge in [-0.15, -0.1) is 0 Å². The highest BCUT2D eigenvalue weighted by molar-refractivity contribution is 5.82. The fraction of sp³-hybridized carbons (Fsp3) is 0.409. The fourth-order valence-corrected chi connectivity index (χ4v) is 4.01. The SMILES string of the molecule is NCCNCc1ccc(-c2ccc3ncn(C4CCCCC4)c3c2)cc1. The van der Waals surface area contributed by atoms with Gasteiger partial charge in [0.15, 0.2) is 0 Å². The molecule has 1 aromatic heterocycles. The number of fused-ring (bicyclic) bond motifs is 1. The summed E-state index contributed by atoms with van der Waals surface area (Å²) in [5.41, 5.74) is 11.7. The number of nitrogens with two attached hydrogens (primary N) is 1. The van der Waals surface area contributed by atoms with E-state index in [1.54, 1.807) is 0 Å². The summed E-state index contributed by atoms with van der Waals surface area (Å²) in [4.78, 5) is 4.63. The second-order valence-corrected chi connectivity index (χ2v) is 7.31. The summed E-state index contributed by atoms with van der Waals surface area (Å²) in [6, 6.07) is 16.1. The van der Waals surface area contributed by atoms with E-state index in [1.807, 2.05) is 6.33 Å². The third-order valence-corrected chi connectivity index (χ3v) is 5.48. The summed E-state index contributed by atoms with van der Waals surface area (Å²) < 4.78 is 2.41. The molecule has 3 aromatic rings. The molecular formula is C22H28N4. The smallest absolute Gasteiger partial charge is 0.0960 e. The molecule has 1 aliphatic carbocycles. The van der Waals surface area contributed by atoms with Crippen LogP contribution in [0.2, 0.25) is 0 Å². The molecule has 0 saturated heterocycles. The van der Waals surface area contributed by atoms with Crippen molar-refractivity contribution in [2.45, 2.75) is 44.7 Å². The Morgan fingerprint density at radius 2 is 1.77 bits per heavy atom. The van der Waals surface area contributed by atoms with Crippen LogP contribution in [0.3, 0.4) is 0 Å². The van der Waals surface area contributed by atoms with Crippen LogP contribution < -0.4 is 11.1 Å². The number of hydrogen-bond donors (Lipinski definition) is 2. The Bertz CT molecular complexity index is 844. The first-order chi connectivity index (χ1) is 12.8. The minimum absolute atomic E-state index is 0.611. The summed E-state index contributed by atoms with van der Waals surface area (Å²) in [6.45, 7) is 2.39. The van der Waals surface area contributed by atoms with Crippen LogP contribution in [0, 0.1) is 0 Å². The molecule has 0 spiro atoms. The Labute approximate surface area is 155 Å². The Kier molecular flexibility index (Phi) is 5.32. The number of nitrogens with zero attached hydrogens (tertiary/aromatic N) is 2. The van der Waals surface area contributed by atoms with Gasteiger partial charge in [0.25, 0.3) is 0 Å². The number of aromatic nitrogens is 2. The molecule has 4 nitrogen and oxygen atoms in total. The molecule has 0 radical (unpaired) electrons. The number of nitrogens with one attached hydrogen (secondary N) is 1. The molecule has 0 amide bonds. The molecule has 1 saturated carbocycles. The second-order valence-electron chi connectivity index (χ2n) is 7.31. The Morgan fingerprint density at radius 3 is 2.54 bits per heavy atom. The average molecular weight is 348 g/mol. The summed E-state index contributed by atoms with van der Waals surface area (Å²) in [5, 5.41) is 3.34. The molecular weight excluding hydrogens is 320 g/mol. The van der Waals surface area contributed by atoms with Crippen molar-refractivity contribution < 1.29 is 0 Å². The van der Waals surface area contributed by atoms with Crippen LogP contribution in [-0.4, -0.2) is 22.6 Å². The van der Waals surface area contributed by atoms with E-state index in [0.717, 1.165) is 18.6 Å². The van der Waals surface area contributed by atoms with Gasteiger partial charge in [0, 0.05) is 25.7 Å². The summed E-state index contributed by atoms with van der Waals surface area (Å²) in [7, 11) is 0. The maximum Gasteiger partial charge on any atom is 0.0960 e. The third kappa shape index (κ3) is 3.67. The van der Waals surface area contributed by atoms with Gasteiger partial charge in [0.1, 0.15) is 0 Å². The Hall–Kier alpha value is -2.17. The highest BCUT2D eigenvalue weighted by Gasteiger charge is 2.17. The summed E-state index contributed by atoms with van der Waals surface area (Å²) >= 11 is 0. The first-order valence-electron chi connectivity index (χ1n) is 9.82. The van der Waals surface area contributed by atoms with Gasteiger partial charge in [-0.05, 0) is 41.7 Å². The van der Waals surface area contributed by atoms with Crippen molar-refractivity contribution in [3.05, 3.63) is 54.4 Å². The standard InChI is InChI=1S/C22H28N4/c23-12-13-24-15-17-6-8-18(9-7-17)19-10-11-21-22(14-19)26(16-25-21)20-4-2-1-3-5-20/h6-11,14,16,20,24H,1-5,12-13,15,23H2. The molecule has 0 unspecified atom stereocenters. The van der Waals surface area contributed by atoms with Gasteiger partial charge < -0.3 is 15.6 Å². The van der Waals surface area contributed by atoms with Crippen LogP contribution >= 0.6 is 0 Å². The molecule has 4 heteroatoms. The lowest BCUT2D eigenvalue weighted by Gasteiger charge is -2.23. The molecule has 0 bridgehead atoms. The lowest BCUT2D eigenvalue weighted by Crippen LogP contribution is -2.21. The third-order valence-electron chi connectivity index (χ3n) is 5.48. The molecule has 0 aliphatic heterocycles. The van der Waals surface area contributed by atoms with E-state index in [9.17, 15) is 0 Å². The number of imidazole rings is 1. The Balaban J connectivity index is 1.58. The van der Waals surface area contributed by atoms with Gasteiger partial charge in [-0.3, -0.25) is 0 Å². The highest BCUT2D eigenvalue weighted by Crippen LogP contribution is 2.32. The molecule has 1 fully saturated rings. The van der Waals surface area contributed by atoms with Crippen LogP contribution in [0.4, 0.5) is 0 Å². The van der Waals surface area contributed by atoms with Crippen molar-refractivity contribution in [2.24, 2.45) is 5.73 Å². The van der Waals surface area contributed by atoms with Gasteiger partial charge in [0.2, 0.25) is 0 Å². The molecule has 26 heavy (non-hydrogen) atoms. The van der Waals surface area contributed by atoms with E-state index in [-0.39, 0.29) is 0 Å². The van der Waals surface area contributed by atoms with Crippen LogP contribution in [0.15, 0.2) is 48.8 Å². The predicted molar refractivity (Wildman–Crippen MR) is 108 cm³/mol. The molecule has 2 aromatic carbocycles. The van der Waals surface area contributed by atoms with E-state index >= 15 is 0 Å². The van der Waals surface area contributed by atoms with Gasteiger partial charge in [-0.25, -0.2) is 4.98 Å². The zero-order valence-electron chi connectivity index (χ0n) is 15.3. The van der Waals surface area contributed by atoms with Crippen molar-refractivity contribution in [1.29, 1.82) is 0 Å². The van der Waals surface area contributed by atoms with E-state index in [2.05, 4.69) is 57.3 Å². The second kappa shape index (κ2) is 8.02.